The van der Waals surface area contributed by atoms with Gasteiger partial charge in [0, 0.05) is 30.7 Å². The molecule has 0 aromatic carbocycles. The van der Waals surface area contributed by atoms with Gasteiger partial charge in [0.15, 0.2) is 0 Å². The molecule has 0 saturated carbocycles. The summed E-state index contributed by atoms with van der Waals surface area (Å²) in [5.41, 5.74) is 1.29. The van der Waals surface area contributed by atoms with Crippen LogP contribution >= 0.6 is 11.8 Å². The van der Waals surface area contributed by atoms with Gasteiger partial charge in [-0.1, -0.05) is 13.0 Å². The van der Waals surface area contributed by atoms with Crippen LogP contribution in [-0.4, -0.2) is 34.5 Å². The van der Waals surface area contributed by atoms with Crippen LogP contribution in [0.15, 0.2) is 24.5 Å². The van der Waals surface area contributed by atoms with Gasteiger partial charge in [-0.25, -0.2) is 0 Å². The molecule has 0 radical (unpaired) electrons. The lowest BCUT2D eigenvalue weighted by Crippen LogP contribution is -2.30. The number of nitrogens with zero attached hydrogens (tertiary/aromatic N) is 2. The van der Waals surface area contributed by atoms with Gasteiger partial charge in [0.05, 0.1) is 0 Å². The number of hydrogen-bond donors (Lipinski definition) is 0. The molecule has 0 spiro atoms. The number of pyridine rings is 1. The van der Waals surface area contributed by atoms with Crippen molar-refractivity contribution >= 4 is 11.8 Å². The highest BCUT2D eigenvalue weighted by atomic mass is 32.2. The molecule has 1 aromatic heterocycles. The highest BCUT2D eigenvalue weighted by Gasteiger charge is 2.08. The van der Waals surface area contributed by atoms with Crippen LogP contribution in [0, 0.1) is 0 Å². The predicted octanol–water partition coefficient (Wildman–Crippen LogP) is 2.66. The van der Waals surface area contributed by atoms with Gasteiger partial charge < -0.3 is 0 Å². The lowest BCUT2D eigenvalue weighted by Gasteiger charge is -2.24. The molecule has 0 aliphatic rings. The summed E-state index contributed by atoms with van der Waals surface area (Å²) in [5.74, 6) is 2.40. The van der Waals surface area contributed by atoms with Crippen LogP contribution in [-0.2, 0) is 6.54 Å². The maximum atomic E-state index is 4.13. The molecule has 84 valence electrons. The Labute approximate surface area is 97.1 Å². The van der Waals surface area contributed by atoms with Crippen molar-refractivity contribution in [2.24, 2.45) is 0 Å². The fraction of sp³-hybridized carbons (Fsp3) is 0.583. The van der Waals surface area contributed by atoms with Gasteiger partial charge in [-0.2, -0.15) is 11.8 Å². The Hall–Kier alpha value is -0.540. The third-order valence-corrected chi connectivity index (χ3v) is 3.60. The van der Waals surface area contributed by atoms with Crippen LogP contribution in [0.1, 0.15) is 19.4 Å². The van der Waals surface area contributed by atoms with Gasteiger partial charge in [-0.05, 0) is 31.4 Å². The normalized spacial score (nSPS) is 13.1. The Bertz CT molecular complexity index is 264. The fourth-order valence-corrected chi connectivity index (χ4v) is 2.18. The Morgan fingerprint density at radius 1 is 1.53 bits per heavy atom. The first-order chi connectivity index (χ1) is 7.24. The van der Waals surface area contributed by atoms with Crippen LogP contribution in [0.5, 0.6) is 0 Å². The first kappa shape index (κ1) is 12.5. The first-order valence-corrected chi connectivity index (χ1v) is 6.56. The topological polar surface area (TPSA) is 16.1 Å². The van der Waals surface area contributed by atoms with E-state index in [-0.39, 0.29) is 0 Å². The Kier molecular flexibility index (Phi) is 5.73. The van der Waals surface area contributed by atoms with E-state index >= 15 is 0 Å². The summed E-state index contributed by atoms with van der Waals surface area (Å²) in [5, 5.41) is 0. The second kappa shape index (κ2) is 6.85. The van der Waals surface area contributed by atoms with Crippen LogP contribution < -0.4 is 0 Å². The van der Waals surface area contributed by atoms with Gasteiger partial charge in [0.2, 0.25) is 0 Å². The maximum absolute atomic E-state index is 4.13. The molecule has 1 aromatic rings. The molecule has 0 fully saturated rings. The standard InChI is InChI=1S/C12H20N2S/c1-4-15-10-11(2)14(3)9-12-6-5-7-13-8-12/h5-8,11H,4,9-10H2,1-3H3. The second-order valence-corrected chi connectivity index (χ2v) is 5.10. The Morgan fingerprint density at radius 3 is 2.93 bits per heavy atom. The molecule has 1 atom stereocenters. The van der Waals surface area contributed by atoms with Crippen LogP contribution in [0.4, 0.5) is 0 Å². The number of thioether (sulfide) groups is 1. The predicted molar refractivity (Wildman–Crippen MR) is 68.2 cm³/mol. The molecule has 0 aliphatic carbocycles. The van der Waals surface area contributed by atoms with Crippen molar-refractivity contribution in [1.82, 2.24) is 9.88 Å². The van der Waals surface area contributed by atoms with E-state index in [1.54, 1.807) is 0 Å². The molecule has 15 heavy (non-hydrogen) atoms. The molecule has 0 N–H and O–H groups in total. The van der Waals surface area contributed by atoms with E-state index in [0.717, 1.165) is 6.54 Å². The molecule has 0 amide bonds. The zero-order valence-electron chi connectivity index (χ0n) is 9.81. The Morgan fingerprint density at radius 2 is 2.33 bits per heavy atom. The molecule has 3 heteroatoms. The van der Waals surface area contributed by atoms with E-state index in [1.807, 2.05) is 30.2 Å². The van der Waals surface area contributed by atoms with Crippen LogP contribution in [0.2, 0.25) is 0 Å². The smallest absolute Gasteiger partial charge is 0.0312 e. The van der Waals surface area contributed by atoms with Crippen molar-refractivity contribution in [2.75, 3.05) is 18.6 Å². The minimum atomic E-state index is 0.621. The molecule has 0 aliphatic heterocycles. The largest absolute Gasteiger partial charge is 0.299 e. The lowest BCUT2D eigenvalue weighted by molar-refractivity contribution is 0.269. The lowest BCUT2D eigenvalue weighted by atomic mass is 10.2. The molecule has 1 rings (SSSR count). The van der Waals surface area contributed by atoms with Crippen molar-refractivity contribution in [3.05, 3.63) is 30.1 Å². The van der Waals surface area contributed by atoms with E-state index in [0.29, 0.717) is 6.04 Å². The number of hydrogen-bond acceptors (Lipinski definition) is 3. The van der Waals surface area contributed by atoms with E-state index < -0.39 is 0 Å². The highest BCUT2D eigenvalue weighted by molar-refractivity contribution is 7.99. The third kappa shape index (κ3) is 4.67. The highest BCUT2D eigenvalue weighted by Crippen LogP contribution is 2.09. The van der Waals surface area contributed by atoms with Crippen molar-refractivity contribution in [2.45, 2.75) is 26.4 Å². The van der Waals surface area contributed by atoms with Crippen molar-refractivity contribution in [3.8, 4) is 0 Å². The van der Waals surface area contributed by atoms with Crippen molar-refractivity contribution < 1.29 is 0 Å². The summed E-state index contributed by atoms with van der Waals surface area (Å²) in [7, 11) is 2.17. The third-order valence-electron chi connectivity index (χ3n) is 2.47. The summed E-state index contributed by atoms with van der Waals surface area (Å²) in [6.45, 7) is 5.47. The quantitative estimate of drug-likeness (QED) is 0.739. The monoisotopic (exact) mass is 224 g/mol. The Balaban J connectivity index is 2.38. The van der Waals surface area contributed by atoms with Gasteiger partial charge in [0.1, 0.15) is 0 Å². The minimum Gasteiger partial charge on any atom is -0.299 e. The van der Waals surface area contributed by atoms with Gasteiger partial charge in [0.25, 0.3) is 0 Å². The second-order valence-electron chi connectivity index (χ2n) is 3.78. The van der Waals surface area contributed by atoms with E-state index in [2.05, 4.69) is 36.8 Å². The first-order valence-electron chi connectivity index (χ1n) is 5.41. The van der Waals surface area contributed by atoms with E-state index in [4.69, 9.17) is 0 Å². The summed E-state index contributed by atoms with van der Waals surface area (Å²) in [6, 6.07) is 4.74. The maximum Gasteiger partial charge on any atom is 0.0312 e. The summed E-state index contributed by atoms with van der Waals surface area (Å²) < 4.78 is 0. The van der Waals surface area contributed by atoms with Crippen molar-refractivity contribution in [1.29, 1.82) is 0 Å². The molecular formula is C12H20N2S. The van der Waals surface area contributed by atoms with Gasteiger partial charge in [-0.15, -0.1) is 0 Å². The van der Waals surface area contributed by atoms with Crippen LogP contribution in [0.25, 0.3) is 0 Å². The van der Waals surface area contributed by atoms with Gasteiger partial charge >= 0.3 is 0 Å². The summed E-state index contributed by atoms with van der Waals surface area (Å²) in [4.78, 5) is 6.50. The van der Waals surface area contributed by atoms with Gasteiger partial charge in [-0.3, -0.25) is 9.88 Å². The molecule has 0 bridgehead atoms. The van der Waals surface area contributed by atoms with E-state index in [1.165, 1.54) is 17.1 Å². The SMILES string of the molecule is CCSCC(C)N(C)Cc1cccnc1. The molecule has 2 nitrogen and oxygen atoms in total. The zero-order chi connectivity index (χ0) is 11.1. The minimum absolute atomic E-state index is 0.621. The molecule has 1 heterocycles. The number of aromatic nitrogens is 1. The summed E-state index contributed by atoms with van der Waals surface area (Å²) >= 11 is 2.00. The summed E-state index contributed by atoms with van der Waals surface area (Å²) in [6.07, 6.45) is 3.76. The zero-order valence-corrected chi connectivity index (χ0v) is 10.6. The van der Waals surface area contributed by atoms with E-state index in [9.17, 15) is 0 Å². The number of rotatable bonds is 6. The van der Waals surface area contributed by atoms with Crippen molar-refractivity contribution in [3.63, 3.8) is 0 Å². The molecule has 1 unspecified atom stereocenters. The average Bonchev–Trinajstić information content (AvgIpc) is 2.27. The molecular weight excluding hydrogens is 204 g/mol. The van der Waals surface area contributed by atoms with Crippen LogP contribution in [0.3, 0.4) is 0 Å². The molecule has 0 saturated heterocycles. The average molecular weight is 224 g/mol. The fourth-order valence-electron chi connectivity index (χ4n) is 1.35.